The van der Waals surface area contributed by atoms with Crippen molar-refractivity contribution < 1.29 is 4.79 Å². The molecule has 5 heterocycles. The Morgan fingerprint density at radius 2 is 2.00 bits per heavy atom. The van der Waals surface area contributed by atoms with Crippen LogP contribution in [0.5, 0.6) is 0 Å². The lowest BCUT2D eigenvalue weighted by atomic mass is 10.0. The van der Waals surface area contributed by atoms with E-state index in [0.717, 1.165) is 64.4 Å². The van der Waals surface area contributed by atoms with Gasteiger partial charge in [0.15, 0.2) is 0 Å². The quantitative estimate of drug-likeness (QED) is 0.338. The summed E-state index contributed by atoms with van der Waals surface area (Å²) >= 11 is 1.64. The third-order valence-electron chi connectivity index (χ3n) is 7.14. The fourth-order valence-corrected chi connectivity index (χ4v) is 5.83. The highest BCUT2D eigenvalue weighted by atomic mass is 32.1. The second kappa shape index (κ2) is 10.3. The van der Waals surface area contributed by atoms with Crippen molar-refractivity contribution in [2.75, 3.05) is 44.6 Å². The molecule has 0 saturated carbocycles. The molecule has 0 bridgehead atoms. The molecule has 0 atom stereocenters. The molecule has 2 aliphatic heterocycles. The van der Waals surface area contributed by atoms with Crippen molar-refractivity contribution in [2.45, 2.75) is 25.7 Å². The summed E-state index contributed by atoms with van der Waals surface area (Å²) in [6.07, 6.45) is 8.68. The van der Waals surface area contributed by atoms with Crippen molar-refractivity contribution in [3.63, 3.8) is 0 Å². The van der Waals surface area contributed by atoms with Gasteiger partial charge in [-0.25, -0.2) is 14.8 Å². The number of pyridine rings is 1. The molecule has 1 saturated heterocycles. The van der Waals surface area contributed by atoms with Gasteiger partial charge >= 0.3 is 6.03 Å². The summed E-state index contributed by atoms with van der Waals surface area (Å²) < 4.78 is 1.16. The van der Waals surface area contributed by atoms with Gasteiger partial charge in [-0.15, -0.1) is 11.3 Å². The molecule has 186 valence electrons. The number of aromatic amines is 1. The van der Waals surface area contributed by atoms with Crippen LogP contribution in [0.25, 0.3) is 26.8 Å². The van der Waals surface area contributed by atoms with Crippen molar-refractivity contribution in [1.29, 1.82) is 0 Å². The Hall–Kier alpha value is -3.43. The van der Waals surface area contributed by atoms with Crippen LogP contribution in [0, 0.1) is 0 Å². The molecule has 4 aromatic rings. The van der Waals surface area contributed by atoms with Gasteiger partial charge < -0.3 is 25.4 Å². The lowest BCUT2D eigenvalue weighted by molar-refractivity contribution is 0.195. The fraction of sp³-hybridized carbons (Fsp3) is 0.370. The number of benzene rings is 1. The first-order chi connectivity index (χ1) is 17.7. The van der Waals surface area contributed by atoms with Gasteiger partial charge in [0, 0.05) is 49.1 Å². The van der Waals surface area contributed by atoms with Gasteiger partial charge in [0.05, 0.1) is 21.4 Å². The van der Waals surface area contributed by atoms with E-state index < -0.39 is 0 Å². The van der Waals surface area contributed by atoms with Crippen LogP contribution in [-0.4, -0.2) is 70.1 Å². The van der Waals surface area contributed by atoms with Gasteiger partial charge in [0.2, 0.25) is 0 Å². The molecule has 1 fully saturated rings. The molecule has 9 heteroatoms. The maximum Gasteiger partial charge on any atom is 0.317 e. The Bertz CT molecular complexity index is 1400. The summed E-state index contributed by atoms with van der Waals surface area (Å²) in [5.74, 6) is 0. The average molecular weight is 502 g/mol. The number of carbonyl (C=O) groups is 1. The Labute approximate surface area is 214 Å². The fourth-order valence-electron chi connectivity index (χ4n) is 5.11. The van der Waals surface area contributed by atoms with Crippen LogP contribution in [0.2, 0.25) is 0 Å². The molecular formula is C27H31N7OS. The summed E-state index contributed by atoms with van der Waals surface area (Å²) in [5, 5.41) is 7.70. The first-order valence-electron chi connectivity index (χ1n) is 12.8. The van der Waals surface area contributed by atoms with Crippen LogP contribution in [0.4, 0.5) is 16.2 Å². The molecular weight excluding hydrogens is 470 g/mol. The van der Waals surface area contributed by atoms with Gasteiger partial charge in [-0.05, 0) is 68.3 Å². The number of thiazole rings is 1. The predicted octanol–water partition coefficient (Wildman–Crippen LogP) is 5.20. The Balaban J connectivity index is 1.10. The summed E-state index contributed by atoms with van der Waals surface area (Å²) in [6, 6.07) is 10.4. The first-order valence-corrected chi connectivity index (χ1v) is 13.6. The van der Waals surface area contributed by atoms with E-state index in [-0.39, 0.29) is 6.03 Å². The first kappa shape index (κ1) is 23.0. The Morgan fingerprint density at radius 1 is 1.08 bits per heavy atom. The van der Waals surface area contributed by atoms with Crippen LogP contribution in [0.15, 0.2) is 48.1 Å². The number of rotatable bonds is 6. The highest BCUT2D eigenvalue weighted by molar-refractivity contribution is 7.16. The van der Waals surface area contributed by atoms with Crippen LogP contribution in [0.3, 0.4) is 0 Å². The average Bonchev–Trinajstić information content (AvgIpc) is 3.57. The zero-order valence-corrected chi connectivity index (χ0v) is 21.1. The number of fused-ring (bicyclic) bond motifs is 2. The second-order valence-corrected chi connectivity index (χ2v) is 10.4. The van der Waals surface area contributed by atoms with Crippen molar-refractivity contribution in [1.82, 2.24) is 30.1 Å². The number of anilines is 2. The normalized spacial score (nSPS) is 16.9. The second-order valence-electron chi connectivity index (χ2n) is 9.52. The number of aromatic nitrogens is 3. The molecule has 0 radical (unpaired) electrons. The number of piperidine rings is 1. The van der Waals surface area contributed by atoms with E-state index in [1.165, 1.54) is 24.8 Å². The molecule has 2 amide bonds. The smallest absolute Gasteiger partial charge is 0.317 e. The Kier molecular flexibility index (Phi) is 6.57. The molecule has 0 aliphatic carbocycles. The number of carbonyl (C=O) groups excluding carboxylic acids is 1. The van der Waals surface area contributed by atoms with Crippen LogP contribution >= 0.6 is 11.3 Å². The predicted molar refractivity (Wildman–Crippen MR) is 147 cm³/mol. The molecule has 3 aromatic heterocycles. The summed E-state index contributed by atoms with van der Waals surface area (Å²) in [6.45, 7) is 5.30. The van der Waals surface area contributed by atoms with Crippen LogP contribution in [-0.2, 0) is 0 Å². The number of urea groups is 1. The molecule has 1 aromatic carbocycles. The number of H-pyrrole nitrogens is 1. The van der Waals surface area contributed by atoms with E-state index in [1.807, 2.05) is 28.7 Å². The molecule has 0 unspecified atom stereocenters. The van der Waals surface area contributed by atoms with Gasteiger partial charge in [-0.3, -0.25) is 0 Å². The lowest BCUT2D eigenvalue weighted by Crippen LogP contribution is -2.45. The van der Waals surface area contributed by atoms with Gasteiger partial charge in [-0.2, -0.15) is 0 Å². The van der Waals surface area contributed by atoms with E-state index in [2.05, 4.69) is 54.8 Å². The zero-order valence-electron chi connectivity index (χ0n) is 20.3. The molecule has 6 rings (SSSR count). The minimum Gasteiger partial charge on any atom is -0.355 e. The minimum atomic E-state index is 0.0324. The van der Waals surface area contributed by atoms with Gasteiger partial charge in [0.25, 0.3) is 0 Å². The Morgan fingerprint density at radius 3 is 2.86 bits per heavy atom. The maximum atomic E-state index is 12.6. The zero-order chi connectivity index (χ0) is 24.3. The topological polar surface area (TPSA) is 89.2 Å². The van der Waals surface area contributed by atoms with E-state index in [9.17, 15) is 4.79 Å². The van der Waals surface area contributed by atoms with Crippen molar-refractivity contribution in [2.24, 2.45) is 0 Å². The number of amides is 2. The molecule has 0 spiro atoms. The summed E-state index contributed by atoms with van der Waals surface area (Å²) in [5.41, 5.74) is 8.07. The largest absolute Gasteiger partial charge is 0.355 e. The van der Waals surface area contributed by atoms with Crippen LogP contribution in [0.1, 0.15) is 31.4 Å². The number of likely N-dealkylation sites (tertiary alicyclic amines) is 1. The van der Waals surface area contributed by atoms with Crippen molar-refractivity contribution in [3.8, 4) is 0 Å². The van der Waals surface area contributed by atoms with Gasteiger partial charge in [0.1, 0.15) is 5.65 Å². The minimum absolute atomic E-state index is 0.0324. The van der Waals surface area contributed by atoms with E-state index >= 15 is 0 Å². The van der Waals surface area contributed by atoms with Crippen LogP contribution < -0.4 is 10.6 Å². The lowest BCUT2D eigenvalue weighted by Gasteiger charge is -2.28. The number of nitrogens with zero attached hydrogens (tertiary/aromatic N) is 4. The highest BCUT2D eigenvalue weighted by Crippen LogP contribution is 2.31. The molecule has 36 heavy (non-hydrogen) atoms. The summed E-state index contributed by atoms with van der Waals surface area (Å²) in [7, 11) is 0. The summed E-state index contributed by atoms with van der Waals surface area (Å²) in [4.78, 5) is 29.4. The standard InChI is InChI=1S/C27H31N7OS/c35-27(29-10-15-33-11-2-1-3-12-33)34-13-7-19(8-14-34)24-17-21-22(6-9-28-26(21)32-24)31-20-4-5-23-25(16-20)36-18-30-23/h4-7,9,16-18H,1-3,8,10-15H2,(H,29,35)(H2,28,31,32). The van der Waals surface area contributed by atoms with Crippen molar-refractivity contribution in [3.05, 3.63) is 53.8 Å². The third-order valence-corrected chi connectivity index (χ3v) is 7.93. The van der Waals surface area contributed by atoms with E-state index in [1.54, 1.807) is 11.3 Å². The molecule has 3 N–H and O–H groups in total. The van der Waals surface area contributed by atoms with Gasteiger partial charge in [-0.1, -0.05) is 12.5 Å². The van der Waals surface area contributed by atoms with E-state index in [4.69, 9.17) is 0 Å². The monoisotopic (exact) mass is 501 g/mol. The maximum absolute atomic E-state index is 12.6. The number of hydrogen-bond donors (Lipinski definition) is 3. The molecule has 2 aliphatic rings. The molecule has 8 nitrogen and oxygen atoms in total. The SMILES string of the molecule is O=C(NCCN1CCCCC1)N1CC=C(c2cc3c(Nc4ccc5ncsc5c4)ccnc3[nH]2)CC1. The third kappa shape index (κ3) is 4.94. The highest BCUT2D eigenvalue weighted by Gasteiger charge is 2.20. The number of nitrogens with one attached hydrogen (secondary N) is 3. The number of hydrogen-bond acceptors (Lipinski definition) is 6. The van der Waals surface area contributed by atoms with E-state index in [0.29, 0.717) is 19.6 Å². The van der Waals surface area contributed by atoms with Crippen molar-refractivity contribution >= 4 is 55.6 Å².